The van der Waals surface area contributed by atoms with Crippen molar-refractivity contribution in [2.24, 2.45) is 0 Å². The minimum atomic E-state index is -0.761. The van der Waals surface area contributed by atoms with Gasteiger partial charge in [-0.3, -0.25) is 14.4 Å². The third-order valence-electron chi connectivity index (χ3n) is 15.8. The van der Waals surface area contributed by atoms with E-state index >= 15 is 0 Å². The Morgan fingerprint density at radius 3 is 0.667 bits per heavy atom. The van der Waals surface area contributed by atoms with Crippen LogP contribution in [-0.4, -0.2) is 37.2 Å². The Kier molecular flexibility index (Phi) is 63.1. The lowest BCUT2D eigenvalue weighted by atomic mass is 10.0. The highest BCUT2D eigenvalue weighted by Gasteiger charge is 2.19. The van der Waals surface area contributed by atoms with Crippen LogP contribution in [0, 0.1) is 0 Å². The number of rotatable bonds is 64. The molecule has 75 heavy (non-hydrogen) atoms. The van der Waals surface area contributed by atoms with Gasteiger partial charge in [-0.25, -0.2) is 0 Å². The summed E-state index contributed by atoms with van der Waals surface area (Å²) in [6.07, 6.45) is 77.3. The lowest BCUT2D eigenvalue weighted by Gasteiger charge is -2.18. The van der Waals surface area contributed by atoms with Crippen molar-refractivity contribution in [3.8, 4) is 0 Å². The SMILES string of the molecule is CCCCCCCCCC/C=C\CCCCCCCCCCCCCCCCCCCCCCCC(=O)OCC(COC(=O)CCCCCCC)OC(=O)CCCCCCCCCCCCCCCCCCCCC. The molecule has 0 saturated heterocycles. The zero-order valence-electron chi connectivity index (χ0n) is 51.1. The number of hydrogen-bond donors (Lipinski definition) is 0. The summed E-state index contributed by atoms with van der Waals surface area (Å²) in [6, 6.07) is 0. The summed E-state index contributed by atoms with van der Waals surface area (Å²) in [5.74, 6) is -0.849. The summed E-state index contributed by atoms with van der Waals surface area (Å²) in [5, 5.41) is 0. The van der Waals surface area contributed by atoms with E-state index in [0.717, 1.165) is 64.2 Å². The van der Waals surface area contributed by atoms with Gasteiger partial charge in [0.2, 0.25) is 0 Å². The molecule has 0 radical (unpaired) electrons. The Balaban J connectivity index is 3.87. The van der Waals surface area contributed by atoms with E-state index in [9.17, 15) is 14.4 Å². The van der Waals surface area contributed by atoms with E-state index in [1.54, 1.807) is 0 Å². The average Bonchev–Trinajstić information content (AvgIpc) is 3.41. The van der Waals surface area contributed by atoms with Gasteiger partial charge < -0.3 is 14.2 Å². The van der Waals surface area contributed by atoms with Crippen LogP contribution in [0.2, 0.25) is 0 Å². The van der Waals surface area contributed by atoms with Crippen molar-refractivity contribution >= 4 is 17.9 Å². The highest BCUT2D eigenvalue weighted by Crippen LogP contribution is 2.19. The van der Waals surface area contributed by atoms with Crippen molar-refractivity contribution in [1.29, 1.82) is 0 Å². The summed E-state index contributed by atoms with van der Waals surface area (Å²) in [5.41, 5.74) is 0. The quantitative estimate of drug-likeness (QED) is 0.0261. The van der Waals surface area contributed by atoms with Gasteiger partial charge in [-0.1, -0.05) is 341 Å². The molecule has 0 rings (SSSR count). The normalized spacial score (nSPS) is 12.0. The van der Waals surface area contributed by atoms with Crippen LogP contribution in [0.3, 0.4) is 0 Å². The number of hydrogen-bond acceptors (Lipinski definition) is 6. The van der Waals surface area contributed by atoms with Crippen LogP contribution in [0.4, 0.5) is 0 Å². The molecule has 0 fully saturated rings. The first kappa shape index (κ1) is 73.2. The molecule has 0 N–H and O–H groups in total. The first-order chi connectivity index (χ1) is 37.0. The van der Waals surface area contributed by atoms with Crippen LogP contribution in [0.1, 0.15) is 393 Å². The summed E-state index contributed by atoms with van der Waals surface area (Å²) in [6.45, 7) is 6.63. The average molecular weight is 1060 g/mol. The van der Waals surface area contributed by atoms with Crippen molar-refractivity contribution in [3.63, 3.8) is 0 Å². The lowest BCUT2D eigenvalue weighted by Crippen LogP contribution is -2.30. The van der Waals surface area contributed by atoms with Gasteiger partial charge in [0.15, 0.2) is 6.10 Å². The molecule has 0 amide bonds. The summed E-state index contributed by atoms with van der Waals surface area (Å²) in [4.78, 5) is 37.9. The predicted molar refractivity (Wildman–Crippen MR) is 326 cm³/mol. The van der Waals surface area contributed by atoms with Gasteiger partial charge in [-0.2, -0.15) is 0 Å². The molecule has 6 nitrogen and oxygen atoms in total. The number of allylic oxidation sites excluding steroid dienone is 2. The Morgan fingerprint density at radius 2 is 0.440 bits per heavy atom. The number of ether oxygens (including phenoxy) is 3. The van der Waals surface area contributed by atoms with Crippen LogP contribution in [0.25, 0.3) is 0 Å². The highest BCUT2D eigenvalue weighted by atomic mass is 16.6. The van der Waals surface area contributed by atoms with E-state index in [2.05, 4.69) is 32.9 Å². The van der Waals surface area contributed by atoms with Crippen LogP contribution in [0.5, 0.6) is 0 Å². The van der Waals surface area contributed by atoms with Crippen LogP contribution in [-0.2, 0) is 28.6 Å². The standard InChI is InChI=1S/C69H132O6/c1-4-7-10-13-15-17-19-21-23-25-27-28-29-30-31-32-33-34-35-36-37-38-39-40-42-43-45-47-49-51-53-56-59-62-68(71)74-65-66(64-73-67(70)61-58-55-12-9-6-3)75-69(72)63-60-57-54-52-50-48-46-44-41-26-24-22-20-18-16-14-11-8-5-2/h25,27,66H,4-24,26,28-65H2,1-3H3/b27-25-. The van der Waals surface area contributed by atoms with Crippen molar-refractivity contribution < 1.29 is 28.6 Å². The van der Waals surface area contributed by atoms with Gasteiger partial charge in [-0.15, -0.1) is 0 Å². The number of carbonyl (C=O) groups is 3. The topological polar surface area (TPSA) is 78.9 Å². The summed E-state index contributed by atoms with van der Waals surface area (Å²) in [7, 11) is 0. The molecule has 0 heterocycles. The molecule has 0 aromatic rings. The minimum absolute atomic E-state index is 0.0636. The highest BCUT2D eigenvalue weighted by molar-refractivity contribution is 5.71. The van der Waals surface area contributed by atoms with Gasteiger partial charge in [0.25, 0.3) is 0 Å². The Labute approximate surface area is 469 Å². The maximum Gasteiger partial charge on any atom is 0.306 e. The molecule has 0 aromatic heterocycles. The second-order valence-electron chi connectivity index (χ2n) is 23.5. The van der Waals surface area contributed by atoms with E-state index in [4.69, 9.17) is 14.2 Å². The Hall–Kier alpha value is -1.85. The lowest BCUT2D eigenvalue weighted by molar-refractivity contribution is -0.167. The van der Waals surface area contributed by atoms with E-state index in [1.165, 1.54) is 289 Å². The van der Waals surface area contributed by atoms with Gasteiger partial charge in [-0.05, 0) is 44.9 Å². The van der Waals surface area contributed by atoms with E-state index < -0.39 is 6.10 Å². The summed E-state index contributed by atoms with van der Waals surface area (Å²) < 4.78 is 16.8. The molecular weight excluding hydrogens is 925 g/mol. The first-order valence-corrected chi connectivity index (χ1v) is 34.2. The fourth-order valence-electron chi connectivity index (χ4n) is 10.6. The maximum absolute atomic E-state index is 12.8. The molecule has 0 aromatic carbocycles. The van der Waals surface area contributed by atoms with Crippen molar-refractivity contribution in [2.45, 2.75) is 399 Å². The smallest absolute Gasteiger partial charge is 0.306 e. The monoisotopic (exact) mass is 1060 g/mol. The fourth-order valence-corrected chi connectivity index (χ4v) is 10.6. The molecule has 0 bridgehead atoms. The molecule has 1 unspecified atom stereocenters. The predicted octanol–water partition coefficient (Wildman–Crippen LogP) is 23.2. The van der Waals surface area contributed by atoms with Crippen molar-refractivity contribution in [1.82, 2.24) is 0 Å². The van der Waals surface area contributed by atoms with E-state index in [-0.39, 0.29) is 31.1 Å². The largest absolute Gasteiger partial charge is 0.462 e. The van der Waals surface area contributed by atoms with Gasteiger partial charge in [0.1, 0.15) is 13.2 Å². The minimum Gasteiger partial charge on any atom is -0.462 e. The van der Waals surface area contributed by atoms with Gasteiger partial charge in [0, 0.05) is 19.3 Å². The van der Waals surface area contributed by atoms with E-state index in [1.807, 2.05) is 0 Å². The Morgan fingerprint density at radius 1 is 0.253 bits per heavy atom. The molecule has 0 saturated carbocycles. The summed E-state index contributed by atoms with van der Waals surface area (Å²) >= 11 is 0. The number of carbonyl (C=O) groups excluding carboxylic acids is 3. The zero-order chi connectivity index (χ0) is 54.3. The number of esters is 3. The van der Waals surface area contributed by atoms with Crippen LogP contribution < -0.4 is 0 Å². The molecule has 0 aliphatic carbocycles. The van der Waals surface area contributed by atoms with Gasteiger partial charge >= 0.3 is 17.9 Å². The third kappa shape index (κ3) is 62.9. The first-order valence-electron chi connectivity index (χ1n) is 34.2. The molecule has 1 atom stereocenters. The van der Waals surface area contributed by atoms with Gasteiger partial charge in [0.05, 0.1) is 0 Å². The second-order valence-corrected chi connectivity index (χ2v) is 23.5. The molecule has 6 heteroatoms. The molecule has 0 aliphatic rings. The second kappa shape index (κ2) is 64.7. The van der Waals surface area contributed by atoms with Crippen LogP contribution >= 0.6 is 0 Å². The fraction of sp³-hybridized carbons (Fsp3) is 0.928. The van der Waals surface area contributed by atoms with E-state index in [0.29, 0.717) is 19.3 Å². The molecule has 0 spiro atoms. The van der Waals surface area contributed by atoms with Crippen molar-refractivity contribution in [2.75, 3.05) is 13.2 Å². The van der Waals surface area contributed by atoms with Crippen molar-refractivity contribution in [3.05, 3.63) is 12.2 Å². The molecule has 444 valence electrons. The Bertz CT molecular complexity index is 1170. The number of unbranched alkanes of at least 4 members (excludes halogenated alkanes) is 51. The molecule has 0 aliphatic heterocycles. The van der Waals surface area contributed by atoms with Crippen LogP contribution in [0.15, 0.2) is 12.2 Å². The molecular formula is C69H132O6. The maximum atomic E-state index is 12.8. The zero-order valence-corrected chi connectivity index (χ0v) is 51.1. The third-order valence-corrected chi connectivity index (χ3v) is 15.8.